The summed E-state index contributed by atoms with van der Waals surface area (Å²) in [4.78, 5) is 37.5. The number of amides is 3. The van der Waals surface area contributed by atoms with Gasteiger partial charge in [0.2, 0.25) is 5.91 Å². The molecule has 0 aliphatic heterocycles. The number of rotatable bonds is 5. The number of aromatic carboxylic acids is 1. The average Bonchev–Trinajstić information content (AvgIpc) is 2.73. The molecule has 3 amide bonds. The lowest BCUT2D eigenvalue weighted by Crippen LogP contribution is -2.41. The number of urea groups is 1. The molecule has 0 saturated heterocycles. The quantitative estimate of drug-likeness (QED) is 0.664. The van der Waals surface area contributed by atoms with Crippen molar-refractivity contribution in [3.05, 3.63) is 16.1 Å². The number of primary amides is 1. The fourth-order valence-electron chi connectivity index (χ4n) is 1.08. The molecule has 4 N–H and O–H groups in total. The topological polar surface area (TPSA) is 126 Å². The number of carboxylic acids is 1. The fourth-order valence-corrected chi connectivity index (χ4v) is 1.79. The molecule has 1 heterocycles. The highest BCUT2D eigenvalue weighted by atomic mass is 32.1. The summed E-state index contributed by atoms with van der Waals surface area (Å²) in [5.41, 5.74) is 4.88. The van der Waals surface area contributed by atoms with Crippen molar-refractivity contribution in [2.75, 3.05) is 13.6 Å². The predicted octanol–water partition coefficient (Wildman–Crippen LogP) is -0.532. The lowest BCUT2D eigenvalue weighted by Gasteiger charge is -2.15. The molecule has 0 atom stereocenters. The van der Waals surface area contributed by atoms with Gasteiger partial charge in [0.15, 0.2) is 5.69 Å². The number of hydrogen-bond acceptors (Lipinski definition) is 5. The number of carbonyl (C=O) groups excluding carboxylic acids is 2. The van der Waals surface area contributed by atoms with Crippen LogP contribution in [0.3, 0.4) is 0 Å². The van der Waals surface area contributed by atoms with E-state index in [1.807, 2.05) is 0 Å². The molecular formula is C9H12N4O4S. The van der Waals surface area contributed by atoms with Crippen LogP contribution < -0.4 is 11.1 Å². The number of nitrogens with two attached hydrogens (primary N) is 1. The highest BCUT2D eigenvalue weighted by Gasteiger charge is 2.12. The molecule has 98 valence electrons. The van der Waals surface area contributed by atoms with Crippen molar-refractivity contribution in [2.45, 2.75) is 6.54 Å². The van der Waals surface area contributed by atoms with Gasteiger partial charge in [0, 0.05) is 12.4 Å². The Kier molecular flexibility index (Phi) is 4.60. The zero-order chi connectivity index (χ0) is 13.7. The molecule has 0 radical (unpaired) electrons. The Morgan fingerprint density at radius 2 is 2.22 bits per heavy atom. The minimum Gasteiger partial charge on any atom is -0.476 e. The summed E-state index contributed by atoms with van der Waals surface area (Å²) in [5.74, 6) is -1.73. The third-order valence-electron chi connectivity index (χ3n) is 1.90. The first-order valence-electron chi connectivity index (χ1n) is 4.85. The van der Waals surface area contributed by atoms with Crippen LogP contribution in [0.4, 0.5) is 4.79 Å². The van der Waals surface area contributed by atoms with E-state index in [-0.39, 0.29) is 18.8 Å². The zero-order valence-corrected chi connectivity index (χ0v) is 10.4. The Balaban J connectivity index is 2.46. The molecule has 8 nitrogen and oxygen atoms in total. The van der Waals surface area contributed by atoms with Crippen LogP contribution >= 0.6 is 11.3 Å². The van der Waals surface area contributed by atoms with E-state index in [4.69, 9.17) is 10.8 Å². The molecule has 0 unspecified atom stereocenters. The second-order valence-electron chi connectivity index (χ2n) is 3.41. The number of carbonyl (C=O) groups is 3. The van der Waals surface area contributed by atoms with Crippen LogP contribution in [0, 0.1) is 0 Å². The average molecular weight is 272 g/mol. The minimum absolute atomic E-state index is 0.0604. The van der Waals surface area contributed by atoms with Crippen LogP contribution in [0.2, 0.25) is 0 Å². The molecule has 0 bridgehead atoms. The number of thiazole rings is 1. The van der Waals surface area contributed by atoms with Gasteiger partial charge >= 0.3 is 12.0 Å². The van der Waals surface area contributed by atoms with E-state index in [9.17, 15) is 14.4 Å². The first-order chi connectivity index (χ1) is 8.40. The summed E-state index contributed by atoms with van der Waals surface area (Å²) in [7, 11) is 1.42. The lowest BCUT2D eigenvalue weighted by molar-refractivity contribution is -0.118. The number of likely N-dealkylation sites (N-methyl/N-ethyl adjacent to an activating group) is 1. The maximum Gasteiger partial charge on any atom is 0.355 e. The van der Waals surface area contributed by atoms with Gasteiger partial charge in [-0.2, -0.15) is 0 Å². The highest BCUT2D eigenvalue weighted by molar-refractivity contribution is 7.09. The number of carboxylic acid groups (broad SMARTS) is 1. The van der Waals surface area contributed by atoms with Gasteiger partial charge in [-0.1, -0.05) is 0 Å². The molecule has 1 aromatic heterocycles. The molecule has 1 rings (SSSR count). The second-order valence-corrected chi connectivity index (χ2v) is 4.36. The van der Waals surface area contributed by atoms with Crippen molar-refractivity contribution in [2.24, 2.45) is 5.73 Å². The third kappa shape index (κ3) is 4.01. The van der Waals surface area contributed by atoms with E-state index in [0.717, 1.165) is 16.2 Å². The number of nitrogens with one attached hydrogen (secondary N) is 1. The Bertz CT molecular complexity index is 473. The van der Waals surface area contributed by atoms with Crippen molar-refractivity contribution in [3.63, 3.8) is 0 Å². The molecule has 0 spiro atoms. The Morgan fingerprint density at radius 3 is 2.72 bits per heavy atom. The van der Waals surface area contributed by atoms with Gasteiger partial charge in [0.05, 0.1) is 6.54 Å². The van der Waals surface area contributed by atoms with E-state index in [1.54, 1.807) is 0 Å². The second kappa shape index (κ2) is 5.96. The monoisotopic (exact) mass is 272 g/mol. The van der Waals surface area contributed by atoms with Crippen molar-refractivity contribution in [1.29, 1.82) is 0 Å². The molecule has 0 aliphatic carbocycles. The molecular weight excluding hydrogens is 260 g/mol. The smallest absolute Gasteiger partial charge is 0.355 e. The van der Waals surface area contributed by atoms with Crippen molar-refractivity contribution >= 4 is 29.2 Å². The first kappa shape index (κ1) is 13.9. The zero-order valence-electron chi connectivity index (χ0n) is 9.54. The van der Waals surface area contributed by atoms with E-state index >= 15 is 0 Å². The summed E-state index contributed by atoms with van der Waals surface area (Å²) in [6, 6.07) is -0.485. The van der Waals surface area contributed by atoms with E-state index in [2.05, 4.69) is 10.3 Å². The molecule has 0 saturated carbocycles. The molecule has 0 fully saturated rings. The van der Waals surface area contributed by atoms with Gasteiger partial charge in [0.1, 0.15) is 11.6 Å². The van der Waals surface area contributed by atoms with Gasteiger partial charge in [-0.25, -0.2) is 14.6 Å². The van der Waals surface area contributed by atoms with Crippen LogP contribution in [-0.4, -0.2) is 46.5 Å². The van der Waals surface area contributed by atoms with Crippen LogP contribution in [-0.2, 0) is 11.3 Å². The molecule has 0 aliphatic rings. The van der Waals surface area contributed by atoms with Crippen LogP contribution in [0.1, 0.15) is 15.5 Å². The van der Waals surface area contributed by atoms with Crippen LogP contribution in [0.25, 0.3) is 0 Å². The maximum absolute atomic E-state index is 11.5. The molecule has 1 aromatic rings. The Morgan fingerprint density at radius 1 is 1.56 bits per heavy atom. The molecule has 9 heteroatoms. The van der Waals surface area contributed by atoms with E-state index in [0.29, 0.717) is 5.01 Å². The predicted molar refractivity (Wildman–Crippen MR) is 63.1 cm³/mol. The van der Waals surface area contributed by atoms with Crippen molar-refractivity contribution in [1.82, 2.24) is 15.2 Å². The summed E-state index contributed by atoms with van der Waals surface area (Å²) < 4.78 is 0. The van der Waals surface area contributed by atoms with E-state index < -0.39 is 17.9 Å². The van der Waals surface area contributed by atoms with Gasteiger partial charge in [-0.3, -0.25) is 4.79 Å². The number of nitrogens with zero attached hydrogens (tertiary/aromatic N) is 2. The van der Waals surface area contributed by atoms with Gasteiger partial charge in [-0.15, -0.1) is 11.3 Å². The highest BCUT2D eigenvalue weighted by Crippen LogP contribution is 2.09. The molecule has 0 aromatic carbocycles. The SMILES string of the molecule is CN(CC(N)=O)C(=O)NCc1nc(C(=O)O)cs1. The fraction of sp³-hybridized carbons (Fsp3) is 0.333. The van der Waals surface area contributed by atoms with Crippen LogP contribution in [0.5, 0.6) is 0 Å². The first-order valence-corrected chi connectivity index (χ1v) is 5.73. The summed E-state index contributed by atoms with van der Waals surface area (Å²) in [6.45, 7) is -0.0933. The summed E-state index contributed by atoms with van der Waals surface area (Å²) in [5, 5.41) is 13.0. The Hall–Kier alpha value is -2.16. The maximum atomic E-state index is 11.5. The normalized spacial score (nSPS) is 9.83. The van der Waals surface area contributed by atoms with Crippen molar-refractivity contribution < 1.29 is 19.5 Å². The van der Waals surface area contributed by atoms with Crippen molar-refractivity contribution in [3.8, 4) is 0 Å². The lowest BCUT2D eigenvalue weighted by atomic mass is 10.5. The standard InChI is InChI=1S/C9H12N4O4S/c1-13(3-6(10)14)9(17)11-2-7-12-5(4-18-7)8(15)16/h4H,2-3H2,1H3,(H2,10,14)(H,11,17)(H,15,16). The number of aromatic nitrogens is 1. The third-order valence-corrected chi connectivity index (χ3v) is 2.75. The summed E-state index contributed by atoms with van der Waals surface area (Å²) >= 11 is 1.13. The summed E-state index contributed by atoms with van der Waals surface area (Å²) in [6.07, 6.45) is 0. The minimum atomic E-state index is -1.12. The van der Waals surface area contributed by atoms with Crippen LogP contribution in [0.15, 0.2) is 5.38 Å². The van der Waals surface area contributed by atoms with Gasteiger partial charge in [-0.05, 0) is 0 Å². The van der Waals surface area contributed by atoms with E-state index in [1.165, 1.54) is 12.4 Å². The van der Waals surface area contributed by atoms with Gasteiger partial charge < -0.3 is 21.1 Å². The van der Waals surface area contributed by atoms with Gasteiger partial charge in [0.25, 0.3) is 0 Å². The molecule has 18 heavy (non-hydrogen) atoms. The number of hydrogen-bond donors (Lipinski definition) is 3. The Labute approximate surface area is 106 Å². The largest absolute Gasteiger partial charge is 0.476 e.